The molecule has 26 heavy (non-hydrogen) atoms. The van der Waals surface area contributed by atoms with Gasteiger partial charge in [0.2, 0.25) is 0 Å². The van der Waals surface area contributed by atoms with Crippen LogP contribution in [0.25, 0.3) is 11.1 Å². The highest BCUT2D eigenvalue weighted by molar-refractivity contribution is 6.02. The van der Waals surface area contributed by atoms with Crippen molar-refractivity contribution in [3.8, 4) is 11.1 Å². The minimum Gasteiger partial charge on any atom is -0.366 e. The molecule has 1 heterocycles. The third-order valence-corrected chi connectivity index (χ3v) is 5.64. The van der Waals surface area contributed by atoms with Crippen LogP contribution in [0.3, 0.4) is 0 Å². The van der Waals surface area contributed by atoms with Crippen molar-refractivity contribution in [1.29, 1.82) is 0 Å². The molecular weight excluding hydrogens is 327 g/mol. The van der Waals surface area contributed by atoms with Gasteiger partial charge in [-0.2, -0.15) is 0 Å². The Hall–Kier alpha value is -2.10. The third-order valence-electron chi connectivity index (χ3n) is 5.64. The summed E-state index contributed by atoms with van der Waals surface area (Å²) in [6.07, 6.45) is 8.20. The van der Waals surface area contributed by atoms with Crippen LogP contribution in [0.4, 0.5) is 4.39 Å². The van der Waals surface area contributed by atoms with Crippen molar-refractivity contribution >= 4 is 5.91 Å². The summed E-state index contributed by atoms with van der Waals surface area (Å²) in [4.78, 5) is 12.3. The summed E-state index contributed by atoms with van der Waals surface area (Å²) in [6.45, 7) is 5.04. The molecule has 1 aromatic carbocycles. The minimum absolute atomic E-state index is 0.293. The molecule has 1 saturated carbocycles. The van der Waals surface area contributed by atoms with Crippen molar-refractivity contribution in [3.63, 3.8) is 0 Å². The lowest BCUT2D eigenvalue weighted by atomic mass is 9.89. The fourth-order valence-corrected chi connectivity index (χ4v) is 4.43. The van der Waals surface area contributed by atoms with E-state index in [4.69, 9.17) is 5.73 Å². The highest BCUT2D eigenvalue weighted by atomic mass is 19.1. The molecule has 0 unspecified atom stereocenters. The van der Waals surface area contributed by atoms with E-state index in [-0.39, 0.29) is 5.82 Å². The fraction of sp³-hybridized carbons (Fsp3) is 0.500. The summed E-state index contributed by atoms with van der Waals surface area (Å²) in [6, 6.07) is 6.50. The third kappa shape index (κ3) is 3.69. The van der Waals surface area contributed by atoms with Crippen LogP contribution >= 0.6 is 0 Å². The minimum atomic E-state index is -0.429. The van der Waals surface area contributed by atoms with Gasteiger partial charge in [-0.05, 0) is 49.8 Å². The Balaban J connectivity index is 2.14. The van der Waals surface area contributed by atoms with Crippen LogP contribution < -0.4 is 5.73 Å². The SMILES string of the molecule is CCCc1c(-c2cccc(F)c2)c(C(N)=O)c(C)n1CC1CCCCC1. The summed E-state index contributed by atoms with van der Waals surface area (Å²) in [5.41, 5.74) is 9.92. The lowest BCUT2D eigenvalue weighted by molar-refractivity contribution is 0.1000. The molecule has 3 rings (SSSR count). The molecule has 0 saturated heterocycles. The summed E-state index contributed by atoms with van der Waals surface area (Å²) >= 11 is 0. The lowest BCUT2D eigenvalue weighted by Gasteiger charge is -2.24. The predicted molar refractivity (Wildman–Crippen MR) is 104 cm³/mol. The van der Waals surface area contributed by atoms with Gasteiger partial charge in [0, 0.05) is 23.5 Å². The number of hydrogen-bond acceptors (Lipinski definition) is 1. The van der Waals surface area contributed by atoms with E-state index in [1.165, 1.54) is 44.2 Å². The van der Waals surface area contributed by atoms with Crippen molar-refractivity contribution in [1.82, 2.24) is 4.57 Å². The number of primary amides is 1. The molecule has 1 aromatic heterocycles. The first-order valence-electron chi connectivity index (χ1n) is 9.80. The van der Waals surface area contributed by atoms with Crippen LogP contribution in [0.5, 0.6) is 0 Å². The van der Waals surface area contributed by atoms with Gasteiger partial charge in [-0.1, -0.05) is 44.7 Å². The van der Waals surface area contributed by atoms with Gasteiger partial charge in [-0.25, -0.2) is 4.39 Å². The molecule has 2 aromatic rings. The Kier molecular flexibility index (Phi) is 5.80. The number of nitrogens with zero attached hydrogens (tertiary/aromatic N) is 1. The van der Waals surface area contributed by atoms with Crippen LogP contribution in [-0.2, 0) is 13.0 Å². The predicted octanol–water partition coefficient (Wildman–Crippen LogP) is 5.23. The Labute approximate surface area is 155 Å². The van der Waals surface area contributed by atoms with Crippen molar-refractivity contribution in [2.45, 2.75) is 65.3 Å². The first-order chi connectivity index (χ1) is 12.5. The molecule has 1 aliphatic rings. The first kappa shape index (κ1) is 18.7. The van der Waals surface area contributed by atoms with Gasteiger partial charge in [0.05, 0.1) is 5.56 Å². The van der Waals surface area contributed by atoms with Crippen molar-refractivity contribution in [3.05, 3.63) is 47.0 Å². The molecule has 2 N–H and O–H groups in total. The van der Waals surface area contributed by atoms with Crippen LogP contribution in [0, 0.1) is 18.7 Å². The zero-order valence-corrected chi connectivity index (χ0v) is 15.9. The molecule has 0 radical (unpaired) electrons. The number of hydrogen-bond donors (Lipinski definition) is 1. The monoisotopic (exact) mass is 356 g/mol. The maximum atomic E-state index is 13.9. The molecule has 0 atom stereocenters. The van der Waals surface area contributed by atoms with Crippen LogP contribution in [0.1, 0.15) is 67.2 Å². The molecule has 0 spiro atoms. The van der Waals surface area contributed by atoms with E-state index >= 15 is 0 Å². The Morgan fingerprint density at radius 1 is 1.27 bits per heavy atom. The van der Waals surface area contributed by atoms with E-state index in [2.05, 4.69) is 11.5 Å². The molecule has 1 fully saturated rings. The number of halogens is 1. The molecule has 140 valence electrons. The summed E-state index contributed by atoms with van der Waals surface area (Å²) in [5.74, 6) is -0.0777. The number of amides is 1. The summed E-state index contributed by atoms with van der Waals surface area (Å²) in [5, 5.41) is 0. The summed E-state index contributed by atoms with van der Waals surface area (Å²) in [7, 11) is 0. The van der Waals surface area contributed by atoms with Crippen molar-refractivity contribution in [2.75, 3.05) is 0 Å². The van der Waals surface area contributed by atoms with Crippen LogP contribution in [0.2, 0.25) is 0 Å². The molecule has 1 aliphatic carbocycles. The molecule has 0 bridgehead atoms. The quantitative estimate of drug-likeness (QED) is 0.756. The average Bonchev–Trinajstić information content (AvgIpc) is 2.89. The van der Waals surface area contributed by atoms with Gasteiger partial charge < -0.3 is 10.3 Å². The van der Waals surface area contributed by atoms with E-state index in [0.717, 1.165) is 41.9 Å². The number of nitrogens with two attached hydrogens (primary N) is 1. The normalized spacial score (nSPS) is 15.3. The van der Waals surface area contributed by atoms with Gasteiger partial charge >= 0.3 is 0 Å². The highest BCUT2D eigenvalue weighted by Gasteiger charge is 2.26. The maximum absolute atomic E-state index is 13.9. The number of carbonyl (C=O) groups is 1. The van der Waals surface area contributed by atoms with Crippen molar-refractivity contribution in [2.24, 2.45) is 11.7 Å². The van der Waals surface area contributed by atoms with E-state index < -0.39 is 5.91 Å². The van der Waals surface area contributed by atoms with Gasteiger partial charge in [0.1, 0.15) is 5.82 Å². The first-order valence-corrected chi connectivity index (χ1v) is 9.80. The zero-order valence-electron chi connectivity index (χ0n) is 15.9. The van der Waals surface area contributed by atoms with E-state index in [9.17, 15) is 9.18 Å². The van der Waals surface area contributed by atoms with Crippen molar-refractivity contribution < 1.29 is 9.18 Å². The van der Waals surface area contributed by atoms with Gasteiger partial charge in [0.15, 0.2) is 0 Å². The average molecular weight is 356 g/mol. The fourth-order valence-electron chi connectivity index (χ4n) is 4.43. The molecular formula is C22H29FN2O. The Morgan fingerprint density at radius 3 is 2.62 bits per heavy atom. The standard InChI is InChI=1S/C22H29FN2O/c1-3-8-19-21(17-11-7-12-18(23)13-17)20(22(24)26)15(2)25(19)14-16-9-5-4-6-10-16/h7,11-13,16H,3-6,8-10,14H2,1-2H3,(H2,24,26). The topological polar surface area (TPSA) is 48.0 Å². The largest absolute Gasteiger partial charge is 0.366 e. The van der Waals surface area contributed by atoms with Gasteiger partial charge in [0.25, 0.3) is 5.91 Å². The second kappa shape index (κ2) is 8.07. The molecule has 4 heteroatoms. The Morgan fingerprint density at radius 2 is 2.00 bits per heavy atom. The number of carbonyl (C=O) groups excluding carboxylic acids is 1. The number of benzene rings is 1. The highest BCUT2D eigenvalue weighted by Crippen LogP contribution is 2.36. The smallest absolute Gasteiger partial charge is 0.251 e. The molecule has 0 aliphatic heterocycles. The van der Waals surface area contributed by atoms with Crippen LogP contribution in [-0.4, -0.2) is 10.5 Å². The zero-order chi connectivity index (χ0) is 18.7. The second-order valence-electron chi connectivity index (χ2n) is 7.52. The van der Waals surface area contributed by atoms with E-state index in [1.54, 1.807) is 6.07 Å². The Bertz CT molecular complexity index is 788. The van der Waals surface area contributed by atoms with E-state index in [1.807, 2.05) is 13.0 Å². The molecule has 3 nitrogen and oxygen atoms in total. The second-order valence-corrected chi connectivity index (χ2v) is 7.52. The maximum Gasteiger partial charge on any atom is 0.251 e. The molecule has 1 amide bonds. The lowest BCUT2D eigenvalue weighted by Crippen LogP contribution is -2.18. The number of aromatic nitrogens is 1. The summed E-state index contributed by atoms with van der Waals surface area (Å²) < 4.78 is 16.2. The van der Waals surface area contributed by atoms with Gasteiger partial charge in [-0.3, -0.25) is 4.79 Å². The van der Waals surface area contributed by atoms with Gasteiger partial charge in [-0.15, -0.1) is 0 Å². The number of rotatable bonds is 6. The van der Waals surface area contributed by atoms with E-state index in [0.29, 0.717) is 11.5 Å². The van der Waals surface area contributed by atoms with Crippen LogP contribution in [0.15, 0.2) is 24.3 Å².